The lowest BCUT2D eigenvalue weighted by Gasteiger charge is -2.62. The summed E-state index contributed by atoms with van der Waals surface area (Å²) in [7, 11) is 0. The van der Waals surface area contributed by atoms with Crippen LogP contribution in [0.5, 0.6) is 0 Å². The number of ketones is 1. The Bertz CT molecular complexity index is 854. The molecule has 0 aromatic carbocycles. The van der Waals surface area contributed by atoms with Gasteiger partial charge in [0, 0.05) is 37.4 Å². The predicted octanol–water partition coefficient (Wildman–Crippen LogP) is 4.04. The normalized spacial score (nSPS) is 51.5. The lowest BCUT2D eigenvalue weighted by Crippen LogP contribution is -2.64. The highest BCUT2D eigenvalue weighted by Gasteiger charge is 2.67. The van der Waals surface area contributed by atoms with E-state index in [-0.39, 0.29) is 40.4 Å². The van der Waals surface area contributed by atoms with Crippen LogP contribution in [-0.4, -0.2) is 72.2 Å². The van der Waals surface area contributed by atoms with Gasteiger partial charge in [0.05, 0.1) is 31.5 Å². The van der Waals surface area contributed by atoms with E-state index in [2.05, 4.69) is 39.5 Å². The Morgan fingerprint density at radius 2 is 1.66 bits per heavy atom. The van der Waals surface area contributed by atoms with Crippen molar-refractivity contribution in [3.05, 3.63) is 0 Å². The molecule has 0 bridgehead atoms. The van der Waals surface area contributed by atoms with Gasteiger partial charge in [0.15, 0.2) is 5.79 Å². The van der Waals surface area contributed by atoms with Crippen LogP contribution in [0.1, 0.15) is 79.6 Å². The highest BCUT2D eigenvalue weighted by molar-refractivity contribution is 5.84. The van der Waals surface area contributed by atoms with Crippen molar-refractivity contribution in [2.75, 3.05) is 32.9 Å². The van der Waals surface area contributed by atoms with Gasteiger partial charge in [-0.2, -0.15) is 0 Å². The van der Waals surface area contributed by atoms with Crippen molar-refractivity contribution < 1.29 is 24.1 Å². The first kappa shape index (κ1) is 24.8. The number of carbonyl (C=O) groups excluding carboxylic acids is 1. The molecule has 4 saturated carbocycles. The number of carbonyl (C=O) groups is 1. The molecule has 6 rings (SSSR count). The van der Waals surface area contributed by atoms with E-state index in [0.717, 1.165) is 45.2 Å². The minimum atomic E-state index is -0.541. The van der Waals surface area contributed by atoms with Gasteiger partial charge in [-0.05, 0) is 87.9 Å². The van der Waals surface area contributed by atoms with Crippen molar-refractivity contribution in [3.8, 4) is 0 Å². The Kier molecular flexibility index (Phi) is 5.83. The number of Topliss-reactive ketones (excluding diaryl/α,β-unsaturated/α-hetero) is 1. The smallest absolute Gasteiger partial charge is 0.169 e. The number of nitrogens with zero attached hydrogens (tertiary/aromatic N) is 1. The van der Waals surface area contributed by atoms with Gasteiger partial charge >= 0.3 is 0 Å². The molecular weight excluding hydrogens is 442 g/mol. The van der Waals surface area contributed by atoms with Crippen molar-refractivity contribution in [2.45, 2.75) is 103 Å². The summed E-state index contributed by atoms with van der Waals surface area (Å²) in [4.78, 5) is 16.7. The molecule has 4 aliphatic carbocycles. The van der Waals surface area contributed by atoms with Crippen LogP contribution in [0.15, 0.2) is 0 Å². The Hall–Kier alpha value is -0.530. The van der Waals surface area contributed by atoms with E-state index >= 15 is 0 Å². The zero-order chi connectivity index (χ0) is 24.8. The highest BCUT2D eigenvalue weighted by atomic mass is 16.7. The van der Waals surface area contributed by atoms with E-state index < -0.39 is 5.79 Å². The van der Waals surface area contributed by atoms with E-state index in [9.17, 15) is 9.90 Å². The van der Waals surface area contributed by atoms with Crippen LogP contribution in [0.2, 0.25) is 0 Å². The molecular formula is C29H47NO5. The second-order valence-electron chi connectivity index (χ2n) is 14.2. The number of rotatable bonds is 2. The topological polar surface area (TPSA) is 68.2 Å². The van der Waals surface area contributed by atoms with Crippen molar-refractivity contribution in [1.29, 1.82) is 0 Å². The molecule has 35 heavy (non-hydrogen) atoms. The largest absolute Gasteiger partial charge is 0.391 e. The van der Waals surface area contributed by atoms with Gasteiger partial charge < -0.3 is 19.3 Å². The van der Waals surface area contributed by atoms with Gasteiger partial charge in [-0.3, -0.25) is 9.69 Å². The zero-order valence-corrected chi connectivity index (χ0v) is 22.6. The average molecular weight is 490 g/mol. The summed E-state index contributed by atoms with van der Waals surface area (Å²) in [6, 6.07) is 0.120. The molecule has 9 atom stereocenters. The Balaban J connectivity index is 1.28. The SMILES string of the molecule is CC1(C)CN([C@H]2C[C@@]3(C)[C@@H](CC[C@H]4[C@@H]5CC[C@H](C6(C)OCCO6)[C@@]5(C)CC(=O)[C@@H]43)C[C@@H]2O)CCO1. The maximum absolute atomic E-state index is 14.2. The molecule has 198 valence electrons. The van der Waals surface area contributed by atoms with E-state index in [1.54, 1.807) is 0 Å². The number of fused-ring (bicyclic) bond motifs is 5. The number of aliphatic hydroxyl groups is 1. The molecule has 0 unspecified atom stereocenters. The van der Waals surface area contributed by atoms with Crippen LogP contribution < -0.4 is 0 Å². The monoisotopic (exact) mass is 489 g/mol. The van der Waals surface area contributed by atoms with Gasteiger partial charge in [-0.15, -0.1) is 0 Å². The fourth-order valence-corrected chi connectivity index (χ4v) is 10.4. The first-order valence-corrected chi connectivity index (χ1v) is 14.3. The third-order valence-corrected chi connectivity index (χ3v) is 11.8. The minimum Gasteiger partial charge on any atom is -0.391 e. The average Bonchev–Trinajstić information content (AvgIpc) is 3.36. The summed E-state index contributed by atoms with van der Waals surface area (Å²) < 4.78 is 18.3. The highest BCUT2D eigenvalue weighted by Crippen LogP contribution is 2.68. The van der Waals surface area contributed by atoms with Crippen LogP contribution >= 0.6 is 0 Å². The van der Waals surface area contributed by atoms with E-state index in [1.165, 1.54) is 6.42 Å². The standard InChI is InChI=1S/C29H47NO5/c1-26(2)17-30(10-11-33-26)21-15-27(3)18(14-22(21)31)6-7-19-20-8-9-24(29(5)34-12-13-35-29)28(20,4)16-23(32)25(19)27/h18-22,24-25,31H,6-17H2,1-5H3/t18-,19-,20-,21-,22-,24-,25+,27-,28-/m0/s1. The molecule has 6 aliphatic rings. The fourth-order valence-electron chi connectivity index (χ4n) is 10.4. The summed E-state index contributed by atoms with van der Waals surface area (Å²) in [6.07, 6.45) is 6.66. The molecule has 6 fully saturated rings. The van der Waals surface area contributed by atoms with Gasteiger partial charge in [0.2, 0.25) is 0 Å². The van der Waals surface area contributed by atoms with Crippen molar-refractivity contribution in [2.24, 2.45) is 40.4 Å². The summed E-state index contributed by atoms with van der Waals surface area (Å²) in [5.41, 5.74) is -0.259. The quantitative estimate of drug-likeness (QED) is 0.632. The van der Waals surface area contributed by atoms with Gasteiger partial charge in [0.1, 0.15) is 5.78 Å². The minimum absolute atomic E-state index is 0.0317. The zero-order valence-electron chi connectivity index (χ0n) is 22.6. The predicted molar refractivity (Wildman–Crippen MR) is 133 cm³/mol. The lowest BCUT2D eigenvalue weighted by molar-refractivity contribution is -0.218. The van der Waals surface area contributed by atoms with Gasteiger partial charge in [-0.25, -0.2) is 0 Å². The third kappa shape index (κ3) is 3.71. The lowest BCUT2D eigenvalue weighted by atomic mass is 9.43. The van der Waals surface area contributed by atoms with Crippen LogP contribution in [-0.2, 0) is 19.0 Å². The molecule has 2 saturated heterocycles. The summed E-state index contributed by atoms with van der Waals surface area (Å²) in [6.45, 7) is 15.0. The summed E-state index contributed by atoms with van der Waals surface area (Å²) in [5, 5.41) is 11.3. The molecule has 0 aromatic heterocycles. The first-order valence-electron chi connectivity index (χ1n) is 14.3. The molecule has 2 aliphatic heterocycles. The van der Waals surface area contributed by atoms with E-state index in [4.69, 9.17) is 14.2 Å². The first-order chi connectivity index (χ1) is 16.5. The van der Waals surface area contributed by atoms with E-state index in [0.29, 0.717) is 49.8 Å². The van der Waals surface area contributed by atoms with Crippen LogP contribution in [0.25, 0.3) is 0 Å². The van der Waals surface area contributed by atoms with Gasteiger partial charge in [-0.1, -0.05) is 13.8 Å². The van der Waals surface area contributed by atoms with E-state index in [1.807, 2.05) is 0 Å². The number of aliphatic hydroxyl groups excluding tert-OH is 1. The molecule has 6 nitrogen and oxygen atoms in total. The maximum atomic E-state index is 14.2. The molecule has 0 amide bonds. The number of hydrogen-bond donors (Lipinski definition) is 1. The Morgan fingerprint density at radius 1 is 0.914 bits per heavy atom. The molecule has 2 heterocycles. The Labute approximate surface area is 211 Å². The van der Waals surface area contributed by atoms with Crippen molar-refractivity contribution in [1.82, 2.24) is 4.90 Å². The fraction of sp³-hybridized carbons (Fsp3) is 0.966. The molecule has 0 spiro atoms. The van der Waals surface area contributed by atoms with Crippen molar-refractivity contribution in [3.63, 3.8) is 0 Å². The summed E-state index contributed by atoms with van der Waals surface area (Å²) >= 11 is 0. The second-order valence-corrected chi connectivity index (χ2v) is 14.2. The summed E-state index contributed by atoms with van der Waals surface area (Å²) in [5.74, 6) is 1.80. The molecule has 1 N–H and O–H groups in total. The molecule has 6 heteroatoms. The van der Waals surface area contributed by atoms with Crippen LogP contribution in [0.3, 0.4) is 0 Å². The third-order valence-electron chi connectivity index (χ3n) is 11.8. The second kappa shape index (κ2) is 8.23. The van der Waals surface area contributed by atoms with Crippen LogP contribution in [0, 0.1) is 40.4 Å². The molecule has 0 radical (unpaired) electrons. The Morgan fingerprint density at radius 3 is 2.37 bits per heavy atom. The van der Waals surface area contributed by atoms with Crippen molar-refractivity contribution >= 4 is 5.78 Å². The maximum Gasteiger partial charge on any atom is 0.169 e. The number of ether oxygens (including phenoxy) is 3. The molecule has 0 aromatic rings. The van der Waals surface area contributed by atoms with Crippen LogP contribution in [0.4, 0.5) is 0 Å². The number of morpholine rings is 1. The van der Waals surface area contributed by atoms with Gasteiger partial charge in [0.25, 0.3) is 0 Å². The number of hydrogen-bond acceptors (Lipinski definition) is 6.